The minimum absolute atomic E-state index is 0.423. The second kappa shape index (κ2) is 9.67. The fourth-order valence-electron chi connectivity index (χ4n) is 4.37. The van der Waals surface area contributed by atoms with E-state index < -0.39 is 0 Å². The largest absolute Gasteiger partial charge is 0.436 e. The zero-order chi connectivity index (χ0) is 26.1. The fraction of sp³-hybridized carbons (Fsp3) is 0.167. The maximum Gasteiger partial charge on any atom is 0.249 e. The van der Waals surface area contributed by atoms with Crippen LogP contribution >= 0.6 is 0 Å². The van der Waals surface area contributed by atoms with Gasteiger partial charge in [0.05, 0.1) is 17.1 Å². The van der Waals surface area contributed by atoms with E-state index >= 15 is 0 Å². The van der Waals surface area contributed by atoms with Crippen molar-refractivity contribution < 1.29 is 4.74 Å². The van der Waals surface area contributed by atoms with Crippen molar-refractivity contribution in [3.8, 4) is 28.8 Å². The number of nitrogens with zero attached hydrogens (tertiary/aromatic N) is 5. The maximum absolute atomic E-state index is 9.06. The predicted octanol–water partition coefficient (Wildman–Crippen LogP) is 6.73. The molecule has 0 unspecified atom stereocenters. The molecule has 0 aliphatic rings. The number of aromatic nitrogens is 3. The van der Waals surface area contributed by atoms with Crippen LogP contribution in [0.25, 0.3) is 22.2 Å². The molecule has 0 saturated carbocycles. The van der Waals surface area contributed by atoms with Gasteiger partial charge in [-0.25, -0.2) is 4.98 Å². The van der Waals surface area contributed by atoms with Gasteiger partial charge in [-0.3, -0.25) is 0 Å². The summed E-state index contributed by atoms with van der Waals surface area (Å²) >= 11 is 0. The van der Waals surface area contributed by atoms with E-state index in [0.717, 1.165) is 50.4 Å². The molecule has 0 saturated heterocycles. The van der Waals surface area contributed by atoms with Crippen molar-refractivity contribution in [2.24, 2.45) is 7.05 Å². The molecule has 0 atom stereocenters. The highest BCUT2D eigenvalue weighted by Gasteiger charge is 2.17. The first-order chi connectivity index (χ1) is 17.8. The Morgan fingerprint density at radius 1 is 0.892 bits per heavy atom. The van der Waals surface area contributed by atoms with Crippen LogP contribution in [0.4, 0.5) is 17.3 Å². The molecule has 0 fully saturated rings. The fourth-order valence-corrected chi connectivity index (χ4v) is 4.37. The average Bonchev–Trinajstić information content (AvgIpc) is 3.27. The van der Waals surface area contributed by atoms with Gasteiger partial charge in [0.15, 0.2) is 0 Å². The van der Waals surface area contributed by atoms with Crippen LogP contribution in [0.2, 0.25) is 0 Å². The Labute approximate surface area is 216 Å². The van der Waals surface area contributed by atoms with Gasteiger partial charge in [0, 0.05) is 38.7 Å². The summed E-state index contributed by atoms with van der Waals surface area (Å²) < 4.78 is 8.45. The Morgan fingerprint density at radius 2 is 1.57 bits per heavy atom. The lowest BCUT2D eigenvalue weighted by molar-refractivity contribution is 0.459. The van der Waals surface area contributed by atoms with Crippen LogP contribution in [-0.4, -0.2) is 28.6 Å². The molecule has 2 aromatic heterocycles. The summed E-state index contributed by atoms with van der Waals surface area (Å²) in [5.41, 5.74) is 8.48. The van der Waals surface area contributed by atoms with E-state index in [0.29, 0.717) is 17.4 Å². The third-order valence-electron chi connectivity index (χ3n) is 6.33. The third-order valence-corrected chi connectivity index (χ3v) is 6.33. The van der Waals surface area contributed by atoms with Crippen molar-refractivity contribution in [3.05, 3.63) is 89.6 Å². The van der Waals surface area contributed by atoms with Gasteiger partial charge < -0.3 is 19.5 Å². The molecule has 7 heteroatoms. The molecule has 0 bridgehead atoms. The van der Waals surface area contributed by atoms with Crippen molar-refractivity contribution in [2.45, 2.75) is 13.8 Å². The number of hydrogen-bond donors (Lipinski definition) is 1. The summed E-state index contributed by atoms with van der Waals surface area (Å²) in [5, 5.41) is 12.3. The summed E-state index contributed by atoms with van der Waals surface area (Å²) in [6.45, 7) is 4.11. The van der Waals surface area contributed by atoms with Crippen molar-refractivity contribution in [1.29, 1.82) is 5.26 Å². The van der Waals surface area contributed by atoms with Gasteiger partial charge in [-0.15, -0.1) is 0 Å². The summed E-state index contributed by atoms with van der Waals surface area (Å²) in [6, 6.07) is 24.1. The van der Waals surface area contributed by atoms with Gasteiger partial charge >= 0.3 is 0 Å². The molecular formula is C30H28N6O. The highest BCUT2D eigenvalue weighted by molar-refractivity contribution is 5.83. The molecule has 5 aromatic rings. The van der Waals surface area contributed by atoms with E-state index in [1.54, 1.807) is 12.1 Å². The topological polar surface area (TPSA) is 79.0 Å². The SMILES string of the molecule is Cc1cc(-c2ccc(N(C)C)cc2)cc(C)c1Oc1nc(Nc2ccc(C#N)cc2)nc2ccn(C)c12. The summed E-state index contributed by atoms with van der Waals surface area (Å²) in [5.74, 6) is 1.67. The minimum atomic E-state index is 0.423. The van der Waals surface area contributed by atoms with E-state index in [1.807, 2.05) is 50.1 Å². The lowest BCUT2D eigenvalue weighted by atomic mass is 9.99. The Hall–Kier alpha value is -4.83. The number of rotatable bonds is 6. The summed E-state index contributed by atoms with van der Waals surface area (Å²) in [4.78, 5) is 11.5. The second-order valence-corrected chi connectivity index (χ2v) is 9.31. The van der Waals surface area contributed by atoms with Gasteiger partial charge in [-0.05, 0) is 90.7 Å². The van der Waals surface area contributed by atoms with Gasteiger partial charge in [0.25, 0.3) is 0 Å². The van der Waals surface area contributed by atoms with Crippen LogP contribution in [0.15, 0.2) is 72.9 Å². The number of benzene rings is 3. The molecule has 37 heavy (non-hydrogen) atoms. The molecule has 2 heterocycles. The van der Waals surface area contributed by atoms with E-state index in [9.17, 15) is 0 Å². The smallest absolute Gasteiger partial charge is 0.249 e. The van der Waals surface area contributed by atoms with Gasteiger partial charge in [0.1, 0.15) is 11.3 Å². The van der Waals surface area contributed by atoms with Crippen molar-refractivity contribution >= 4 is 28.4 Å². The molecule has 1 N–H and O–H groups in total. The first kappa shape index (κ1) is 23.9. The monoisotopic (exact) mass is 488 g/mol. The molecule has 0 aliphatic carbocycles. The number of anilines is 3. The normalized spacial score (nSPS) is 10.8. The number of hydrogen-bond acceptors (Lipinski definition) is 6. The van der Waals surface area contributed by atoms with Crippen LogP contribution in [0, 0.1) is 25.2 Å². The van der Waals surface area contributed by atoms with Gasteiger partial charge in [-0.1, -0.05) is 12.1 Å². The van der Waals surface area contributed by atoms with E-state index in [-0.39, 0.29) is 0 Å². The van der Waals surface area contributed by atoms with E-state index in [1.165, 1.54) is 0 Å². The molecule has 0 spiro atoms. The van der Waals surface area contributed by atoms with Crippen LogP contribution in [0.1, 0.15) is 16.7 Å². The molecular weight excluding hydrogens is 460 g/mol. The molecule has 0 aliphatic heterocycles. The highest BCUT2D eigenvalue weighted by atomic mass is 16.5. The second-order valence-electron chi connectivity index (χ2n) is 9.31. The zero-order valence-electron chi connectivity index (χ0n) is 21.6. The van der Waals surface area contributed by atoms with Crippen molar-refractivity contribution in [2.75, 3.05) is 24.3 Å². The molecule has 0 amide bonds. The standard InChI is InChI=1S/C30H28N6O/c1-19-16-23(22-8-12-25(13-9-22)35(3)4)17-20(2)28(19)37-29-27-26(14-15-36(27)5)33-30(34-29)32-24-10-6-21(18-31)7-11-24/h6-17H,1-5H3,(H,32,33,34). The number of ether oxygens (including phenoxy) is 1. The van der Waals surface area contributed by atoms with Crippen LogP contribution in [-0.2, 0) is 7.05 Å². The maximum atomic E-state index is 9.06. The van der Waals surface area contributed by atoms with Crippen LogP contribution < -0.4 is 15.0 Å². The first-order valence-electron chi connectivity index (χ1n) is 12.0. The highest BCUT2D eigenvalue weighted by Crippen LogP contribution is 2.36. The lowest BCUT2D eigenvalue weighted by Gasteiger charge is -2.16. The number of aryl methyl sites for hydroxylation is 3. The minimum Gasteiger partial charge on any atom is -0.436 e. The number of fused-ring (bicyclic) bond motifs is 1. The zero-order valence-corrected chi connectivity index (χ0v) is 21.6. The summed E-state index contributed by atoms with van der Waals surface area (Å²) in [7, 11) is 6.03. The number of nitrogens with one attached hydrogen (secondary N) is 1. The third kappa shape index (κ3) is 4.82. The van der Waals surface area contributed by atoms with Crippen LogP contribution in [0.3, 0.4) is 0 Å². The first-order valence-corrected chi connectivity index (χ1v) is 12.0. The summed E-state index contributed by atoms with van der Waals surface area (Å²) in [6.07, 6.45) is 1.94. The molecule has 5 rings (SSSR count). The van der Waals surface area contributed by atoms with E-state index in [2.05, 4.69) is 71.5 Å². The predicted molar refractivity (Wildman–Crippen MR) is 149 cm³/mol. The number of nitriles is 1. The molecule has 7 nitrogen and oxygen atoms in total. The van der Waals surface area contributed by atoms with Crippen molar-refractivity contribution in [1.82, 2.24) is 14.5 Å². The molecule has 0 radical (unpaired) electrons. The Bertz CT molecular complexity index is 1600. The Balaban J connectivity index is 1.49. The Morgan fingerprint density at radius 3 is 2.19 bits per heavy atom. The quantitative estimate of drug-likeness (QED) is 0.286. The Kier molecular flexibility index (Phi) is 6.24. The lowest BCUT2D eigenvalue weighted by Crippen LogP contribution is -2.07. The average molecular weight is 489 g/mol. The molecule has 3 aromatic carbocycles. The van der Waals surface area contributed by atoms with Gasteiger partial charge in [0.2, 0.25) is 11.8 Å². The molecule has 184 valence electrons. The van der Waals surface area contributed by atoms with Crippen LogP contribution in [0.5, 0.6) is 11.6 Å². The van der Waals surface area contributed by atoms with E-state index in [4.69, 9.17) is 15.0 Å². The van der Waals surface area contributed by atoms with Gasteiger partial charge in [-0.2, -0.15) is 10.2 Å². The van der Waals surface area contributed by atoms with Crippen molar-refractivity contribution in [3.63, 3.8) is 0 Å².